The van der Waals surface area contributed by atoms with E-state index in [-0.39, 0.29) is 23.3 Å². The number of benzene rings is 1. The normalized spacial score (nSPS) is 32.5. The number of hydrogen-bond acceptors (Lipinski definition) is 3. The SMILES string of the molecule is O=C(N[C@@H]1COCC[C@@]12C[C@@H]2N1CCCC1)c1ccc(C(F)(F)F)cc1C1CC1. The second-order valence-electron chi connectivity index (χ2n) is 9.12. The Kier molecular flexibility index (Phi) is 4.66. The zero-order chi connectivity index (χ0) is 20.2. The van der Waals surface area contributed by atoms with Crippen molar-refractivity contribution in [1.82, 2.24) is 10.2 Å². The van der Waals surface area contributed by atoms with Crippen LogP contribution >= 0.6 is 0 Å². The molecule has 1 aromatic carbocycles. The molecule has 1 aromatic rings. The highest BCUT2D eigenvalue weighted by atomic mass is 19.4. The van der Waals surface area contributed by atoms with E-state index in [0.29, 0.717) is 30.4 Å². The predicted octanol–water partition coefficient (Wildman–Crippen LogP) is 3.96. The third kappa shape index (κ3) is 3.56. The number of rotatable bonds is 4. The van der Waals surface area contributed by atoms with Gasteiger partial charge in [0.15, 0.2) is 0 Å². The first-order chi connectivity index (χ1) is 13.9. The van der Waals surface area contributed by atoms with Crippen molar-refractivity contribution < 1.29 is 22.7 Å². The van der Waals surface area contributed by atoms with Crippen molar-refractivity contribution >= 4 is 5.91 Å². The van der Waals surface area contributed by atoms with E-state index in [9.17, 15) is 18.0 Å². The van der Waals surface area contributed by atoms with E-state index in [1.165, 1.54) is 25.0 Å². The number of nitrogens with zero attached hydrogens (tertiary/aromatic N) is 1. The number of hydrogen-bond donors (Lipinski definition) is 1. The number of carbonyl (C=O) groups is 1. The van der Waals surface area contributed by atoms with Gasteiger partial charge in [0.25, 0.3) is 5.91 Å². The number of amides is 1. The first-order valence-corrected chi connectivity index (χ1v) is 10.7. The number of ether oxygens (including phenoxy) is 1. The molecule has 1 N–H and O–H groups in total. The molecule has 4 nitrogen and oxygen atoms in total. The molecule has 2 saturated heterocycles. The van der Waals surface area contributed by atoms with Crippen molar-refractivity contribution in [3.63, 3.8) is 0 Å². The van der Waals surface area contributed by atoms with Crippen molar-refractivity contribution in [2.45, 2.75) is 62.7 Å². The van der Waals surface area contributed by atoms with Gasteiger partial charge >= 0.3 is 6.18 Å². The minimum Gasteiger partial charge on any atom is -0.379 e. The third-order valence-electron chi connectivity index (χ3n) is 7.29. The maximum atomic E-state index is 13.1. The van der Waals surface area contributed by atoms with Gasteiger partial charge in [0, 0.05) is 23.6 Å². The summed E-state index contributed by atoms with van der Waals surface area (Å²) in [5.41, 5.74) is 0.309. The van der Waals surface area contributed by atoms with Crippen LogP contribution < -0.4 is 5.32 Å². The average Bonchev–Trinajstić information content (AvgIpc) is 3.60. The molecule has 4 aliphatic rings. The topological polar surface area (TPSA) is 41.6 Å². The quantitative estimate of drug-likeness (QED) is 0.820. The lowest BCUT2D eigenvalue weighted by Crippen LogP contribution is -2.50. The van der Waals surface area contributed by atoms with Crippen LogP contribution in [0.5, 0.6) is 0 Å². The Morgan fingerprint density at radius 3 is 2.66 bits per heavy atom. The van der Waals surface area contributed by atoms with Gasteiger partial charge in [0.05, 0.1) is 18.2 Å². The Balaban J connectivity index is 1.36. The van der Waals surface area contributed by atoms with Crippen molar-refractivity contribution in [2.75, 3.05) is 26.3 Å². The molecule has 29 heavy (non-hydrogen) atoms. The zero-order valence-corrected chi connectivity index (χ0v) is 16.4. The van der Waals surface area contributed by atoms with E-state index in [0.717, 1.165) is 44.8 Å². The third-order valence-corrected chi connectivity index (χ3v) is 7.29. The van der Waals surface area contributed by atoms with Crippen molar-refractivity contribution in [3.8, 4) is 0 Å². The summed E-state index contributed by atoms with van der Waals surface area (Å²) in [6, 6.07) is 3.97. The van der Waals surface area contributed by atoms with E-state index >= 15 is 0 Å². The second-order valence-corrected chi connectivity index (χ2v) is 9.12. The van der Waals surface area contributed by atoms with Gasteiger partial charge in [0.1, 0.15) is 0 Å². The number of carbonyl (C=O) groups excluding carboxylic acids is 1. The Morgan fingerprint density at radius 2 is 1.97 bits per heavy atom. The standard InChI is InChI=1S/C22H27F3N2O2/c23-22(24,25)15-5-6-16(17(11-15)14-3-4-14)20(28)26-18-13-29-10-7-21(18)12-19(21)27-8-1-2-9-27/h5-6,11,14,18-19H,1-4,7-10,12-13H2,(H,26,28)/t18-,19+,21-/m1/s1. The van der Waals surface area contributed by atoms with Gasteiger partial charge in [0.2, 0.25) is 0 Å². The largest absolute Gasteiger partial charge is 0.416 e. The van der Waals surface area contributed by atoms with Gasteiger partial charge in [-0.15, -0.1) is 0 Å². The summed E-state index contributed by atoms with van der Waals surface area (Å²) in [5, 5.41) is 3.15. The summed E-state index contributed by atoms with van der Waals surface area (Å²) in [5.74, 6) is -0.199. The predicted molar refractivity (Wildman–Crippen MR) is 102 cm³/mol. The molecule has 7 heteroatoms. The van der Waals surface area contributed by atoms with Crippen molar-refractivity contribution in [1.29, 1.82) is 0 Å². The molecule has 1 spiro atoms. The van der Waals surface area contributed by atoms with Crippen LogP contribution in [-0.4, -0.2) is 49.2 Å². The van der Waals surface area contributed by atoms with Crippen LogP contribution in [0.15, 0.2) is 18.2 Å². The highest BCUT2D eigenvalue weighted by molar-refractivity contribution is 5.96. The summed E-state index contributed by atoms with van der Waals surface area (Å²) in [6.45, 7) is 3.44. The lowest BCUT2D eigenvalue weighted by molar-refractivity contribution is -0.137. The van der Waals surface area contributed by atoms with Gasteiger partial charge in [-0.3, -0.25) is 9.69 Å². The summed E-state index contributed by atoms with van der Waals surface area (Å²) in [7, 11) is 0. The van der Waals surface area contributed by atoms with E-state index in [2.05, 4.69) is 10.2 Å². The Hall–Kier alpha value is -1.60. The number of alkyl halides is 3. The molecule has 158 valence electrons. The molecule has 5 rings (SSSR count). The van der Waals surface area contributed by atoms with Gasteiger partial charge in [-0.05, 0) is 81.3 Å². The fourth-order valence-corrected chi connectivity index (χ4v) is 5.39. The first kappa shape index (κ1) is 19.4. The van der Waals surface area contributed by atoms with E-state index in [1.54, 1.807) is 0 Å². The second kappa shape index (κ2) is 6.98. The van der Waals surface area contributed by atoms with Crippen LogP contribution in [0.1, 0.15) is 65.9 Å². The van der Waals surface area contributed by atoms with Crippen LogP contribution in [0.2, 0.25) is 0 Å². The molecule has 2 aliphatic carbocycles. The van der Waals surface area contributed by atoms with E-state index in [1.807, 2.05) is 0 Å². The number of halogens is 3. The van der Waals surface area contributed by atoms with E-state index in [4.69, 9.17) is 4.74 Å². The Bertz CT molecular complexity index is 802. The van der Waals surface area contributed by atoms with Gasteiger partial charge in [-0.2, -0.15) is 13.2 Å². The molecular weight excluding hydrogens is 381 g/mol. The number of likely N-dealkylation sites (tertiary alicyclic amines) is 1. The van der Waals surface area contributed by atoms with Crippen LogP contribution in [0.4, 0.5) is 13.2 Å². The van der Waals surface area contributed by atoms with Crippen molar-refractivity contribution in [2.24, 2.45) is 5.41 Å². The molecule has 0 radical (unpaired) electrons. The smallest absolute Gasteiger partial charge is 0.379 e. The monoisotopic (exact) mass is 408 g/mol. The summed E-state index contributed by atoms with van der Waals surface area (Å²) >= 11 is 0. The van der Waals surface area contributed by atoms with E-state index < -0.39 is 11.7 Å². The summed E-state index contributed by atoms with van der Waals surface area (Å²) in [4.78, 5) is 15.6. The Labute approximate surface area is 168 Å². The minimum absolute atomic E-state index is 0.0594. The highest BCUT2D eigenvalue weighted by Gasteiger charge is 2.62. The molecule has 0 unspecified atom stereocenters. The fourth-order valence-electron chi connectivity index (χ4n) is 5.39. The summed E-state index contributed by atoms with van der Waals surface area (Å²) < 4.78 is 45.1. The lowest BCUT2D eigenvalue weighted by Gasteiger charge is -2.35. The first-order valence-electron chi connectivity index (χ1n) is 10.7. The zero-order valence-electron chi connectivity index (χ0n) is 16.4. The van der Waals surface area contributed by atoms with Gasteiger partial charge in [-0.25, -0.2) is 0 Å². The Morgan fingerprint density at radius 1 is 1.21 bits per heavy atom. The number of nitrogens with one attached hydrogen (secondary N) is 1. The van der Waals surface area contributed by atoms with Crippen LogP contribution in [-0.2, 0) is 10.9 Å². The van der Waals surface area contributed by atoms with Crippen LogP contribution in [0, 0.1) is 5.41 Å². The van der Waals surface area contributed by atoms with Crippen LogP contribution in [0.3, 0.4) is 0 Å². The molecule has 2 heterocycles. The van der Waals surface area contributed by atoms with Gasteiger partial charge < -0.3 is 10.1 Å². The molecular formula is C22H27F3N2O2. The minimum atomic E-state index is -4.39. The molecule has 0 bridgehead atoms. The lowest BCUT2D eigenvalue weighted by atomic mass is 9.89. The maximum Gasteiger partial charge on any atom is 0.416 e. The molecule has 1 amide bonds. The summed E-state index contributed by atoms with van der Waals surface area (Å²) in [6.07, 6.45) is 1.76. The van der Waals surface area contributed by atoms with Crippen molar-refractivity contribution in [3.05, 3.63) is 34.9 Å². The average molecular weight is 408 g/mol. The van der Waals surface area contributed by atoms with Crippen LogP contribution in [0.25, 0.3) is 0 Å². The molecule has 0 aromatic heterocycles. The fraction of sp³-hybridized carbons (Fsp3) is 0.682. The molecule has 2 aliphatic heterocycles. The molecule has 3 atom stereocenters. The molecule has 2 saturated carbocycles. The molecule has 4 fully saturated rings. The highest BCUT2D eigenvalue weighted by Crippen LogP contribution is 2.57. The van der Waals surface area contributed by atoms with Gasteiger partial charge in [-0.1, -0.05) is 0 Å². The maximum absolute atomic E-state index is 13.1.